The molecule has 8 nitrogen and oxygen atoms in total. The van der Waals surface area contributed by atoms with Crippen molar-refractivity contribution in [3.8, 4) is 5.82 Å². The number of amides is 1. The van der Waals surface area contributed by atoms with Gasteiger partial charge in [-0.2, -0.15) is 5.10 Å². The number of carbonyl (C=O) groups is 1. The fourth-order valence-electron chi connectivity index (χ4n) is 5.70. The molecule has 1 saturated carbocycles. The smallest absolute Gasteiger partial charge is 0.259 e. The fraction of sp³-hybridized carbons (Fsp3) is 0.517. The van der Waals surface area contributed by atoms with Crippen molar-refractivity contribution >= 4 is 11.6 Å². The van der Waals surface area contributed by atoms with Gasteiger partial charge in [-0.05, 0) is 68.7 Å². The SMILES string of the molecule is Cc1cc(NC(=O)c2cnn(-c3ncc(C(C)C)cc3F)c2C)cnc1[C@H]1CC[C@H](N2CCOCC2)CC1. The molecule has 2 fully saturated rings. The van der Waals surface area contributed by atoms with Crippen LogP contribution in [0.1, 0.15) is 84.2 Å². The van der Waals surface area contributed by atoms with Crippen molar-refractivity contribution in [1.82, 2.24) is 24.6 Å². The summed E-state index contributed by atoms with van der Waals surface area (Å²) in [7, 11) is 0. The van der Waals surface area contributed by atoms with Gasteiger partial charge in [-0.1, -0.05) is 13.8 Å². The van der Waals surface area contributed by atoms with Crippen molar-refractivity contribution < 1.29 is 13.9 Å². The minimum Gasteiger partial charge on any atom is -0.379 e. The number of aromatic nitrogens is 4. The highest BCUT2D eigenvalue weighted by Crippen LogP contribution is 2.36. The Balaban J connectivity index is 1.24. The largest absolute Gasteiger partial charge is 0.379 e. The molecule has 0 bridgehead atoms. The zero-order chi connectivity index (χ0) is 26.8. The number of aryl methyl sites for hydroxylation is 1. The van der Waals surface area contributed by atoms with Crippen LogP contribution in [0.15, 0.2) is 30.7 Å². The number of ether oxygens (including phenoxy) is 1. The van der Waals surface area contributed by atoms with Crippen molar-refractivity contribution in [2.24, 2.45) is 0 Å². The van der Waals surface area contributed by atoms with Crippen LogP contribution < -0.4 is 5.32 Å². The first-order chi connectivity index (χ1) is 18.3. The maximum Gasteiger partial charge on any atom is 0.259 e. The summed E-state index contributed by atoms with van der Waals surface area (Å²) < 4.78 is 21.6. The van der Waals surface area contributed by atoms with Crippen LogP contribution in [0.2, 0.25) is 0 Å². The summed E-state index contributed by atoms with van der Waals surface area (Å²) in [5, 5.41) is 7.18. The van der Waals surface area contributed by atoms with Crippen molar-refractivity contribution in [2.75, 3.05) is 31.6 Å². The number of anilines is 1. The summed E-state index contributed by atoms with van der Waals surface area (Å²) in [6, 6.07) is 4.11. The van der Waals surface area contributed by atoms with Crippen LogP contribution in [-0.2, 0) is 4.74 Å². The molecule has 1 saturated heterocycles. The fourth-order valence-corrected chi connectivity index (χ4v) is 5.70. The van der Waals surface area contributed by atoms with Crippen LogP contribution in [0, 0.1) is 19.7 Å². The van der Waals surface area contributed by atoms with Gasteiger partial charge in [0.2, 0.25) is 0 Å². The van der Waals surface area contributed by atoms with Crippen LogP contribution in [0.3, 0.4) is 0 Å². The van der Waals surface area contributed by atoms with Crippen molar-refractivity contribution in [2.45, 2.75) is 71.3 Å². The van der Waals surface area contributed by atoms with E-state index in [2.05, 4.69) is 27.2 Å². The predicted octanol–water partition coefficient (Wildman–Crippen LogP) is 5.15. The third kappa shape index (κ3) is 5.49. The highest BCUT2D eigenvalue weighted by Gasteiger charge is 2.29. The molecular formula is C29H37FN6O2. The number of morpholine rings is 1. The van der Waals surface area contributed by atoms with Crippen molar-refractivity contribution in [1.29, 1.82) is 0 Å². The summed E-state index contributed by atoms with van der Waals surface area (Å²) in [4.78, 5) is 24.7. The minimum absolute atomic E-state index is 0.0798. The molecule has 0 aromatic carbocycles. The van der Waals surface area contributed by atoms with Gasteiger partial charge in [0.1, 0.15) is 0 Å². The number of pyridine rings is 2. The van der Waals surface area contributed by atoms with E-state index >= 15 is 0 Å². The lowest BCUT2D eigenvalue weighted by molar-refractivity contribution is 0.00720. The highest BCUT2D eigenvalue weighted by molar-refractivity contribution is 6.04. The molecule has 1 aliphatic heterocycles. The van der Waals surface area contributed by atoms with E-state index in [9.17, 15) is 9.18 Å². The van der Waals surface area contributed by atoms with Crippen molar-refractivity contribution in [3.05, 3.63) is 64.6 Å². The first-order valence-electron chi connectivity index (χ1n) is 13.6. The molecule has 3 aromatic heterocycles. The molecule has 9 heteroatoms. The molecule has 1 amide bonds. The van der Waals surface area contributed by atoms with Gasteiger partial charge in [-0.3, -0.25) is 14.7 Å². The Morgan fingerprint density at radius 2 is 1.79 bits per heavy atom. The molecule has 5 rings (SSSR count). The van der Waals surface area contributed by atoms with E-state index < -0.39 is 5.82 Å². The first-order valence-corrected chi connectivity index (χ1v) is 13.6. The number of hydrogen-bond donors (Lipinski definition) is 1. The first kappa shape index (κ1) is 26.4. The summed E-state index contributed by atoms with van der Waals surface area (Å²) in [5.41, 5.74) is 4.54. The topological polar surface area (TPSA) is 85.2 Å². The predicted molar refractivity (Wildman–Crippen MR) is 144 cm³/mol. The zero-order valence-corrected chi connectivity index (χ0v) is 22.7. The number of hydrogen-bond acceptors (Lipinski definition) is 6. The lowest BCUT2D eigenvalue weighted by Crippen LogP contribution is -2.44. The molecule has 38 heavy (non-hydrogen) atoms. The second kappa shape index (κ2) is 11.3. The Morgan fingerprint density at radius 3 is 2.45 bits per heavy atom. The van der Waals surface area contributed by atoms with Gasteiger partial charge >= 0.3 is 0 Å². The molecule has 0 spiro atoms. The van der Waals surface area contributed by atoms with Crippen LogP contribution in [0.25, 0.3) is 5.82 Å². The maximum absolute atomic E-state index is 14.7. The molecule has 1 aliphatic carbocycles. The van der Waals surface area contributed by atoms with Crippen LogP contribution in [-0.4, -0.2) is 62.9 Å². The van der Waals surface area contributed by atoms with E-state index in [4.69, 9.17) is 9.72 Å². The van der Waals surface area contributed by atoms with E-state index in [1.807, 2.05) is 19.9 Å². The second-order valence-electron chi connectivity index (χ2n) is 10.8. The number of rotatable bonds is 6. The Morgan fingerprint density at radius 1 is 1.05 bits per heavy atom. The van der Waals surface area contributed by atoms with Gasteiger partial charge in [0.15, 0.2) is 11.6 Å². The third-order valence-corrected chi connectivity index (χ3v) is 7.99. The van der Waals surface area contributed by atoms with E-state index in [0.717, 1.165) is 56.0 Å². The average molecular weight is 521 g/mol. The van der Waals surface area contributed by atoms with E-state index in [0.29, 0.717) is 28.9 Å². The second-order valence-corrected chi connectivity index (χ2v) is 10.8. The maximum atomic E-state index is 14.7. The molecule has 1 N–H and O–H groups in total. The van der Waals surface area contributed by atoms with Gasteiger partial charge < -0.3 is 10.1 Å². The summed E-state index contributed by atoms with van der Waals surface area (Å²) in [6.07, 6.45) is 9.45. The Bertz CT molecular complexity index is 1290. The number of nitrogens with zero attached hydrogens (tertiary/aromatic N) is 5. The Kier molecular flexibility index (Phi) is 7.85. The number of halogens is 1. The van der Waals surface area contributed by atoms with Crippen LogP contribution >= 0.6 is 0 Å². The average Bonchev–Trinajstić information content (AvgIpc) is 3.30. The van der Waals surface area contributed by atoms with Gasteiger partial charge in [-0.15, -0.1) is 0 Å². The monoisotopic (exact) mass is 520 g/mol. The minimum atomic E-state index is -0.469. The lowest BCUT2D eigenvalue weighted by Gasteiger charge is -2.38. The molecule has 0 radical (unpaired) electrons. The van der Waals surface area contributed by atoms with Crippen LogP contribution in [0.4, 0.5) is 10.1 Å². The third-order valence-electron chi connectivity index (χ3n) is 7.99. The molecule has 4 heterocycles. The summed E-state index contributed by atoms with van der Waals surface area (Å²) in [6.45, 7) is 11.5. The van der Waals surface area contributed by atoms with Gasteiger partial charge in [0.05, 0.1) is 42.6 Å². The number of carbonyl (C=O) groups excluding carboxylic acids is 1. The van der Waals surface area contributed by atoms with Crippen molar-refractivity contribution in [3.63, 3.8) is 0 Å². The zero-order valence-electron chi connectivity index (χ0n) is 22.7. The Labute approximate surface area is 223 Å². The van der Waals surface area contributed by atoms with E-state index in [1.165, 1.54) is 29.8 Å². The van der Waals surface area contributed by atoms with E-state index in [1.54, 1.807) is 19.3 Å². The highest BCUT2D eigenvalue weighted by atomic mass is 19.1. The molecule has 0 unspecified atom stereocenters. The quantitative estimate of drug-likeness (QED) is 0.484. The molecule has 3 aromatic rings. The molecule has 202 valence electrons. The molecule has 2 aliphatic rings. The Hall–Kier alpha value is -3.17. The number of nitrogens with one attached hydrogen (secondary N) is 1. The van der Waals surface area contributed by atoms with Crippen LogP contribution in [0.5, 0.6) is 0 Å². The van der Waals surface area contributed by atoms with Gasteiger partial charge in [-0.25, -0.2) is 14.1 Å². The summed E-state index contributed by atoms with van der Waals surface area (Å²) >= 11 is 0. The van der Waals surface area contributed by atoms with E-state index in [-0.39, 0.29) is 17.6 Å². The lowest BCUT2D eigenvalue weighted by atomic mass is 9.82. The summed E-state index contributed by atoms with van der Waals surface area (Å²) in [5.74, 6) is -0.0884. The normalized spacial score (nSPS) is 20.6. The standard InChI is InChI=1S/C29H37FN6O2/c1-18(2)22-14-26(30)28(32-15-22)36-20(4)25(17-33-36)29(37)34-23-13-19(3)27(31-16-23)21-5-7-24(8-6-21)35-9-11-38-12-10-35/h13-18,21,24H,5-12H2,1-4H3,(H,34,37)/t21-,24-. The molecular weight excluding hydrogens is 483 g/mol. The molecule has 0 atom stereocenters. The van der Waals surface area contributed by atoms with Gasteiger partial charge in [0.25, 0.3) is 5.91 Å². The van der Waals surface area contributed by atoms with Gasteiger partial charge in [0, 0.05) is 36.9 Å².